The van der Waals surface area contributed by atoms with E-state index in [1.165, 1.54) is 19.3 Å². The molecular formula is C10H20N2O. The van der Waals surface area contributed by atoms with Gasteiger partial charge in [0.25, 0.3) is 0 Å². The molecule has 76 valence electrons. The topological polar surface area (TPSA) is 46.3 Å². The molecule has 2 N–H and O–H groups in total. The number of nitrogens with zero attached hydrogens (tertiary/aromatic N) is 1. The van der Waals surface area contributed by atoms with E-state index < -0.39 is 0 Å². The van der Waals surface area contributed by atoms with Crippen molar-refractivity contribution in [2.45, 2.75) is 38.6 Å². The van der Waals surface area contributed by atoms with Crippen LogP contribution in [0.3, 0.4) is 0 Å². The molecule has 0 saturated heterocycles. The summed E-state index contributed by atoms with van der Waals surface area (Å²) in [4.78, 5) is 13.0. The minimum absolute atomic E-state index is 0.158. The molecule has 0 aliphatic heterocycles. The van der Waals surface area contributed by atoms with Crippen LogP contribution in [0.5, 0.6) is 0 Å². The number of hydrogen-bond acceptors (Lipinski definition) is 2. The Morgan fingerprint density at radius 2 is 2.08 bits per heavy atom. The molecule has 0 aromatic carbocycles. The Balaban J connectivity index is 2.58. The molecule has 0 bridgehead atoms. The summed E-state index contributed by atoms with van der Waals surface area (Å²) in [7, 11) is 1.89. The van der Waals surface area contributed by atoms with Crippen LogP contribution in [-0.2, 0) is 4.79 Å². The number of rotatable bonds is 2. The lowest BCUT2D eigenvalue weighted by Gasteiger charge is -2.37. The molecule has 3 heteroatoms. The molecule has 1 saturated carbocycles. The fourth-order valence-electron chi connectivity index (χ4n) is 2.21. The Labute approximate surface area is 80.3 Å². The summed E-state index contributed by atoms with van der Waals surface area (Å²) in [5, 5.41) is 0. The molecule has 0 spiro atoms. The minimum Gasteiger partial charge on any atom is -0.343 e. The van der Waals surface area contributed by atoms with Crippen molar-refractivity contribution in [1.29, 1.82) is 0 Å². The smallest absolute Gasteiger partial charge is 0.219 e. The number of nitrogens with two attached hydrogens (primary N) is 1. The molecular weight excluding hydrogens is 164 g/mol. The van der Waals surface area contributed by atoms with Crippen molar-refractivity contribution in [3.8, 4) is 0 Å². The van der Waals surface area contributed by atoms with Gasteiger partial charge >= 0.3 is 0 Å². The molecule has 1 rings (SSSR count). The maximum absolute atomic E-state index is 11.2. The van der Waals surface area contributed by atoms with E-state index in [1.54, 1.807) is 6.92 Å². The number of amides is 1. The molecule has 0 aromatic heterocycles. The van der Waals surface area contributed by atoms with Crippen molar-refractivity contribution in [2.24, 2.45) is 11.7 Å². The standard InChI is InChI=1S/C10H20N2O/c1-8(13)12(2)10-6-4-3-5-9(10)7-11/h9-10H,3-7,11H2,1-2H3. The van der Waals surface area contributed by atoms with Gasteiger partial charge in [-0.2, -0.15) is 0 Å². The first-order valence-corrected chi connectivity index (χ1v) is 5.10. The van der Waals surface area contributed by atoms with E-state index >= 15 is 0 Å². The Morgan fingerprint density at radius 3 is 2.62 bits per heavy atom. The van der Waals surface area contributed by atoms with Gasteiger partial charge in [-0.3, -0.25) is 4.79 Å². The first-order valence-electron chi connectivity index (χ1n) is 5.10. The third-order valence-corrected chi connectivity index (χ3v) is 3.17. The van der Waals surface area contributed by atoms with Gasteiger partial charge in [0.2, 0.25) is 5.91 Å². The van der Waals surface area contributed by atoms with Gasteiger partial charge in [0, 0.05) is 20.0 Å². The Hall–Kier alpha value is -0.570. The SMILES string of the molecule is CC(=O)N(C)C1CCCCC1CN. The van der Waals surface area contributed by atoms with Gasteiger partial charge in [-0.05, 0) is 25.3 Å². The fraction of sp³-hybridized carbons (Fsp3) is 0.900. The van der Waals surface area contributed by atoms with Crippen molar-refractivity contribution in [1.82, 2.24) is 4.90 Å². The summed E-state index contributed by atoms with van der Waals surface area (Å²) < 4.78 is 0. The van der Waals surface area contributed by atoms with Crippen LogP contribution in [0, 0.1) is 5.92 Å². The molecule has 3 nitrogen and oxygen atoms in total. The van der Waals surface area contributed by atoms with Gasteiger partial charge in [0.15, 0.2) is 0 Å². The van der Waals surface area contributed by atoms with Crippen LogP contribution in [0.1, 0.15) is 32.6 Å². The van der Waals surface area contributed by atoms with Gasteiger partial charge in [0.1, 0.15) is 0 Å². The van der Waals surface area contributed by atoms with E-state index in [0.717, 1.165) is 6.42 Å². The molecule has 1 fully saturated rings. The summed E-state index contributed by atoms with van der Waals surface area (Å²) in [6.45, 7) is 2.34. The van der Waals surface area contributed by atoms with Crippen LogP contribution in [0.15, 0.2) is 0 Å². The van der Waals surface area contributed by atoms with E-state index in [-0.39, 0.29) is 5.91 Å². The molecule has 1 aliphatic rings. The lowest BCUT2D eigenvalue weighted by Crippen LogP contribution is -2.45. The predicted molar refractivity (Wildman–Crippen MR) is 53.2 cm³/mol. The molecule has 13 heavy (non-hydrogen) atoms. The zero-order chi connectivity index (χ0) is 9.84. The molecule has 2 atom stereocenters. The minimum atomic E-state index is 0.158. The van der Waals surface area contributed by atoms with Crippen LogP contribution in [-0.4, -0.2) is 30.4 Å². The summed E-state index contributed by atoms with van der Waals surface area (Å²) in [5.41, 5.74) is 5.69. The summed E-state index contributed by atoms with van der Waals surface area (Å²) in [6.07, 6.45) is 4.81. The highest BCUT2D eigenvalue weighted by Crippen LogP contribution is 2.26. The van der Waals surface area contributed by atoms with Crippen LogP contribution >= 0.6 is 0 Å². The first kappa shape index (κ1) is 10.5. The lowest BCUT2D eigenvalue weighted by molar-refractivity contribution is -0.131. The number of hydrogen-bond donors (Lipinski definition) is 1. The van der Waals surface area contributed by atoms with Gasteiger partial charge in [0.05, 0.1) is 0 Å². The lowest BCUT2D eigenvalue weighted by atomic mass is 9.84. The van der Waals surface area contributed by atoms with Crippen LogP contribution in [0.4, 0.5) is 0 Å². The molecule has 0 radical (unpaired) electrons. The monoisotopic (exact) mass is 184 g/mol. The first-order chi connectivity index (χ1) is 6.16. The Morgan fingerprint density at radius 1 is 1.46 bits per heavy atom. The number of carbonyl (C=O) groups excluding carboxylic acids is 1. The molecule has 2 unspecified atom stereocenters. The highest BCUT2D eigenvalue weighted by molar-refractivity contribution is 5.73. The second-order valence-electron chi connectivity index (χ2n) is 3.98. The van der Waals surface area contributed by atoms with Crippen molar-refractivity contribution in [2.75, 3.05) is 13.6 Å². The predicted octanol–water partition coefficient (Wildman–Crippen LogP) is 0.982. The van der Waals surface area contributed by atoms with E-state index in [9.17, 15) is 4.79 Å². The molecule has 0 heterocycles. The average molecular weight is 184 g/mol. The molecule has 1 aliphatic carbocycles. The van der Waals surface area contributed by atoms with E-state index in [4.69, 9.17) is 5.73 Å². The maximum Gasteiger partial charge on any atom is 0.219 e. The summed E-state index contributed by atoms with van der Waals surface area (Å²) in [6, 6.07) is 0.385. The molecule has 0 aromatic rings. The third kappa shape index (κ3) is 2.44. The number of carbonyl (C=O) groups is 1. The van der Waals surface area contributed by atoms with Crippen LogP contribution in [0.2, 0.25) is 0 Å². The van der Waals surface area contributed by atoms with Gasteiger partial charge in [-0.1, -0.05) is 12.8 Å². The quantitative estimate of drug-likeness (QED) is 0.695. The van der Waals surface area contributed by atoms with Gasteiger partial charge < -0.3 is 10.6 Å². The Bertz CT molecular complexity index is 182. The zero-order valence-corrected chi connectivity index (χ0v) is 8.62. The van der Waals surface area contributed by atoms with Crippen LogP contribution < -0.4 is 5.73 Å². The highest BCUT2D eigenvalue weighted by Gasteiger charge is 2.28. The third-order valence-electron chi connectivity index (χ3n) is 3.17. The van der Waals surface area contributed by atoms with E-state index in [1.807, 2.05) is 11.9 Å². The van der Waals surface area contributed by atoms with E-state index in [2.05, 4.69) is 0 Å². The fourth-order valence-corrected chi connectivity index (χ4v) is 2.21. The highest BCUT2D eigenvalue weighted by atomic mass is 16.2. The van der Waals surface area contributed by atoms with Crippen molar-refractivity contribution < 1.29 is 4.79 Å². The maximum atomic E-state index is 11.2. The zero-order valence-electron chi connectivity index (χ0n) is 8.62. The van der Waals surface area contributed by atoms with Crippen molar-refractivity contribution >= 4 is 5.91 Å². The largest absolute Gasteiger partial charge is 0.343 e. The van der Waals surface area contributed by atoms with Crippen molar-refractivity contribution in [3.05, 3.63) is 0 Å². The van der Waals surface area contributed by atoms with Gasteiger partial charge in [-0.25, -0.2) is 0 Å². The van der Waals surface area contributed by atoms with Gasteiger partial charge in [-0.15, -0.1) is 0 Å². The second kappa shape index (κ2) is 4.61. The summed E-state index contributed by atoms with van der Waals surface area (Å²) in [5.74, 6) is 0.674. The van der Waals surface area contributed by atoms with E-state index in [0.29, 0.717) is 18.5 Å². The van der Waals surface area contributed by atoms with Crippen molar-refractivity contribution in [3.63, 3.8) is 0 Å². The van der Waals surface area contributed by atoms with Crippen LogP contribution in [0.25, 0.3) is 0 Å². The second-order valence-corrected chi connectivity index (χ2v) is 3.98. The summed E-state index contributed by atoms with van der Waals surface area (Å²) >= 11 is 0. The normalized spacial score (nSPS) is 28.5. The molecule has 1 amide bonds. The average Bonchev–Trinajstić information content (AvgIpc) is 2.16. The Kier molecular flexibility index (Phi) is 3.72.